The zero-order chi connectivity index (χ0) is 36.6. The van der Waals surface area contributed by atoms with Gasteiger partial charge in [-0.3, -0.25) is 0 Å². The monoisotopic (exact) mass is 702 g/mol. The first-order valence-corrected chi connectivity index (χ1v) is 18.5. The van der Waals surface area contributed by atoms with Crippen molar-refractivity contribution in [3.05, 3.63) is 206 Å². The van der Waals surface area contributed by atoms with Crippen LogP contribution in [0.4, 0.5) is 0 Å². The predicted octanol–water partition coefficient (Wildman–Crippen LogP) is 13.0. The summed E-state index contributed by atoms with van der Waals surface area (Å²) < 4.78 is 2.37. The first kappa shape index (κ1) is 32.2. The Bertz CT molecular complexity index is 2950. The van der Waals surface area contributed by atoms with Crippen LogP contribution in [0, 0.1) is 0 Å². The Balaban J connectivity index is 1.16. The summed E-state index contributed by atoms with van der Waals surface area (Å²) in [7, 11) is 0. The molecule has 2 heterocycles. The number of rotatable bonds is 7. The Hall–Kier alpha value is -7.43. The molecule has 4 nitrogen and oxygen atoms in total. The van der Waals surface area contributed by atoms with Crippen molar-refractivity contribution >= 4 is 21.8 Å². The van der Waals surface area contributed by atoms with E-state index in [4.69, 9.17) is 15.0 Å². The topological polar surface area (TPSA) is 43.6 Å². The Morgan fingerprint density at radius 1 is 0.291 bits per heavy atom. The summed E-state index contributed by atoms with van der Waals surface area (Å²) in [5, 5.41) is 2.31. The molecule has 0 amide bonds. The van der Waals surface area contributed by atoms with Gasteiger partial charge in [-0.05, 0) is 63.7 Å². The first-order chi connectivity index (χ1) is 27.3. The van der Waals surface area contributed by atoms with E-state index in [-0.39, 0.29) is 0 Å². The second kappa shape index (κ2) is 13.8. The van der Waals surface area contributed by atoms with Crippen molar-refractivity contribution in [1.29, 1.82) is 0 Å². The van der Waals surface area contributed by atoms with E-state index in [1.54, 1.807) is 0 Å². The zero-order valence-corrected chi connectivity index (χ0v) is 29.9. The molecule has 0 fully saturated rings. The number of hydrogen-bond acceptors (Lipinski definition) is 3. The number of aromatic nitrogens is 4. The van der Waals surface area contributed by atoms with Gasteiger partial charge in [-0.2, -0.15) is 0 Å². The summed E-state index contributed by atoms with van der Waals surface area (Å²) in [6, 6.07) is 72.3. The van der Waals surface area contributed by atoms with E-state index in [1.807, 2.05) is 24.3 Å². The quantitative estimate of drug-likeness (QED) is 0.166. The lowest BCUT2D eigenvalue weighted by Gasteiger charge is -2.14. The highest BCUT2D eigenvalue weighted by atomic mass is 15.0. The van der Waals surface area contributed by atoms with Crippen LogP contribution in [0.5, 0.6) is 0 Å². The van der Waals surface area contributed by atoms with Crippen LogP contribution in [0.1, 0.15) is 0 Å². The van der Waals surface area contributed by atoms with Crippen molar-refractivity contribution in [3.63, 3.8) is 0 Å². The van der Waals surface area contributed by atoms with E-state index in [0.717, 1.165) is 55.5 Å². The SMILES string of the molecule is c1ccc(-c2ccc(-c3nc(-c4ccccc4)nc(-c4cccc5c6ccccc6n(-c6cccc(-c7cccc(-c8ccccc8)c7)c6)c45)n3)cc2)cc1. The van der Waals surface area contributed by atoms with Crippen LogP contribution in [0.15, 0.2) is 206 Å². The third kappa shape index (κ3) is 6.06. The molecule has 4 heteroatoms. The van der Waals surface area contributed by atoms with Gasteiger partial charge in [0.2, 0.25) is 0 Å². The summed E-state index contributed by atoms with van der Waals surface area (Å²) in [5.74, 6) is 1.88. The van der Waals surface area contributed by atoms with Gasteiger partial charge in [0.15, 0.2) is 17.5 Å². The van der Waals surface area contributed by atoms with Crippen LogP contribution in [0.2, 0.25) is 0 Å². The minimum absolute atomic E-state index is 0.623. The number of nitrogens with zero attached hydrogens (tertiary/aromatic N) is 4. The third-order valence-corrected chi connectivity index (χ3v) is 10.3. The number of hydrogen-bond donors (Lipinski definition) is 0. The smallest absolute Gasteiger partial charge is 0.166 e. The van der Waals surface area contributed by atoms with Crippen molar-refractivity contribution in [2.24, 2.45) is 0 Å². The van der Waals surface area contributed by atoms with Gasteiger partial charge in [-0.25, -0.2) is 15.0 Å². The second-order valence-electron chi connectivity index (χ2n) is 13.7. The molecule has 0 aliphatic carbocycles. The molecule has 10 aromatic rings. The van der Waals surface area contributed by atoms with Gasteiger partial charge in [-0.15, -0.1) is 0 Å². The van der Waals surface area contributed by atoms with E-state index < -0.39 is 0 Å². The van der Waals surface area contributed by atoms with Gasteiger partial charge >= 0.3 is 0 Å². The third-order valence-electron chi connectivity index (χ3n) is 10.3. The fourth-order valence-corrected chi connectivity index (χ4v) is 7.58. The lowest BCUT2D eigenvalue weighted by Crippen LogP contribution is -2.02. The lowest BCUT2D eigenvalue weighted by molar-refractivity contribution is 1.07. The van der Waals surface area contributed by atoms with Gasteiger partial charge in [0, 0.05) is 33.2 Å². The Kier molecular flexibility index (Phi) is 8.12. The highest BCUT2D eigenvalue weighted by Gasteiger charge is 2.20. The summed E-state index contributed by atoms with van der Waals surface area (Å²) in [6.45, 7) is 0. The van der Waals surface area contributed by atoms with Crippen LogP contribution in [0.25, 0.3) is 95.0 Å². The molecule has 0 bridgehead atoms. The number of fused-ring (bicyclic) bond motifs is 3. The molecule has 10 rings (SSSR count). The summed E-state index contributed by atoms with van der Waals surface area (Å²) in [5.41, 5.74) is 13.1. The molecule has 2 aromatic heterocycles. The van der Waals surface area contributed by atoms with E-state index in [9.17, 15) is 0 Å². The Labute approximate surface area is 319 Å². The minimum Gasteiger partial charge on any atom is -0.308 e. The van der Waals surface area contributed by atoms with Crippen LogP contribution in [-0.4, -0.2) is 19.5 Å². The van der Waals surface area contributed by atoms with E-state index in [2.05, 4.69) is 187 Å². The number of benzene rings is 8. The molecular formula is C51H34N4. The van der Waals surface area contributed by atoms with Crippen LogP contribution < -0.4 is 0 Å². The fraction of sp³-hybridized carbons (Fsp3) is 0. The molecule has 0 N–H and O–H groups in total. The predicted molar refractivity (Wildman–Crippen MR) is 227 cm³/mol. The van der Waals surface area contributed by atoms with Crippen molar-refractivity contribution in [3.8, 4) is 73.2 Å². The van der Waals surface area contributed by atoms with Gasteiger partial charge in [0.05, 0.1) is 11.0 Å². The molecule has 0 saturated carbocycles. The largest absolute Gasteiger partial charge is 0.308 e. The molecule has 0 atom stereocenters. The highest BCUT2D eigenvalue weighted by molar-refractivity contribution is 6.13. The normalized spacial score (nSPS) is 11.3. The molecular weight excluding hydrogens is 669 g/mol. The van der Waals surface area contributed by atoms with Crippen LogP contribution in [-0.2, 0) is 0 Å². The fourth-order valence-electron chi connectivity index (χ4n) is 7.58. The molecule has 0 unspecified atom stereocenters. The van der Waals surface area contributed by atoms with E-state index in [1.165, 1.54) is 22.1 Å². The molecule has 0 radical (unpaired) electrons. The zero-order valence-electron chi connectivity index (χ0n) is 29.9. The van der Waals surface area contributed by atoms with Crippen molar-refractivity contribution < 1.29 is 0 Å². The first-order valence-electron chi connectivity index (χ1n) is 18.5. The molecule has 0 aliphatic heterocycles. The second-order valence-corrected chi connectivity index (χ2v) is 13.7. The molecule has 8 aromatic carbocycles. The van der Waals surface area contributed by atoms with Crippen molar-refractivity contribution in [2.75, 3.05) is 0 Å². The maximum Gasteiger partial charge on any atom is 0.166 e. The molecule has 0 aliphatic rings. The summed E-state index contributed by atoms with van der Waals surface area (Å²) in [6.07, 6.45) is 0. The summed E-state index contributed by atoms with van der Waals surface area (Å²) in [4.78, 5) is 15.5. The molecule has 0 saturated heterocycles. The van der Waals surface area contributed by atoms with Gasteiger partial charge in [-0.1, -0.05) is 176 Å². The van der Waals surface area contributed by atoms with E-state index in [0.29, 0.717) is 17.5 Å². The van der Waals surface area contributed by atoms with Gasteiger partial charge < -0.3 is 4.57 Å². The maximum atomic E-state index is 5.22. The van der Waals surface area contributed by atoms with Crippen molar-refractivity contribution in [2.45, 2.75) is 0 Å². The Morgan fingerprint density at radius 3 is 1.42 bits per heavy atom. The average Bonchev–Trinajstić information content (AvgIpc) is 3.62. The standard InChI is InChI=1S/C51H34N4/c1-4-15-35(16-5-1)37-29-31-39(32-30-37)50-52-49(38-19-8-3-9-20-38)53-51(54-50)46-27-14-26-45-44-25-10-11-28-47(44)55(48(45)46)43-24-13-23-42(34-43)41-22-12-21-40(33-41)36-17-6-2-7-18-36/h1-34H. The van der Waals surface area contributed by atoms with Crippen LogP contribution in [0.3, 0.4) is 0 Å². The van der Waals surface area contributed by atoms with Crippen molar-refractivity contribution in [1.82, 2.24) is 19.5 Å². The number of para-hydroxylation sites is 2. The lowest BCUT2D eigenvalue weighted by atomic mass is 9.99. The average molecular weight is 703 g/mol. The highest BCUT2D eigenvalue weighted by Crippen LogP contribution is 2.39. The molecule has 0 spiro atoms. The molecule has 55 heavy (non-hydrogen) atoms. The minimum atomic E-state index is 0.623. The van der Waals surface area contributed by atoms with Gasteiger partial charge in [0.25, 0.3) is 0 Å². The van der Waals surface area contributed by atoms with E-state index >= 15 is 0 Å². The maximum absolute atomic E-state index is 5.22. The summed E-state index contributed by atoms with van der Waals surface area (Å²) >= 11 is 0. The Morgan fingerprint density at radius 2 is 0.727 bits per heavy atom. The van der Waals surface area contributed by atoms with Crippen LogP contribution >= 0.6 is 0 Å². The van der Waals surface area contributed by atoms with Gasteiger partial charge in [0.1, 0.15) is 0 Å². The molecule has 258 valence electrons.